The van der Waals surface area contributed by atoms with E-state index in [9.17, 15) is 5.11 Å². The third-order valence-electron chi connectivity index (χ3n) is 4.57. The zero-order chi connectivity index (χ0) is 12.5. The Balaban J connectivity index is 1.91. The molecule has 0 aromatic carbocycles. The molecule has 0 saturated heterocycles. The number of hydrogen-bond donors (Lipinski definition) is 2. The van der Waals surface area contributed by atoms with E-state index in [4.69, 9.17) is 0 Å². The predicted molar refractivity (Wildman–Crippen MR) is 70.5 cm³/mol. The Kier molecular flexibility index (Phi) is 3.39. The zero-order valence-electron chi connectivity index (χ0n) is 11.1. The minimum Gasteiger partial charge on any atom is -0.391 e. The largest absolute Gasteiger partial charge is 0.391 e. The van der Waals surface area contributed by atoms with Gasteiger partial charge in [0.1, 0.15) is 0 Å². The van der Waals surface area contributed by atoms with Crippen LogP contribution in [0.25, 0.3) is 0 Å². The van der Waals surface area contributed by atoms with E-state index in [-0.39, 0.29) is 12.1 Å². The van der Waals surface area contributed by atoms with Crippen molar-refractivity contribution < 1.29 is 5.11 Å². The van der Waals surface area contributed by atoms with Crippen molar-refractivity contribution in [1.82, 2.24) is 15.1 Å². The number of hydrogen-bond acceptors (Lipinski definition) is 3. The summed E-state index contributed by atoms with van der Waals surface area (Å²) < 4.78 is 2.13. The highest BCUT2D eigenvalue weighted by molar-refractivity contribution is 5.25. The van der Waals surface area contributed by atoms with Crippen molar-refractivity contribution in [2.75, 3.05) is 7.05 Å². The van der Waals surface area contributed by atoms with Gasteiger partial charge in [-0.3, -0.25) is 4.68 Å². The van der Waals surface area contributed by atoms with E-state index in [0.717, 1.165) is 25.7 Å². The fourth-order valence-corrected chi connectivity index (χ4v) is 3.54. The average molecular weight is 249 g/mol. The summed E-state index contributed by atoms with van der Waals surface area (Å²) in [5, 5.41) is 18.1. The molecule has 0 aliphatic heterocycles. The van der Waals surface area contributed by atoms with E-state index < -0.39 is 0 Å². The standard InChI is InChI=1S/C14H23N3O/c1-15-11-5-4-7-12-10(11)9-16-17(12)13-6-2-3-8-14(13)18/h9,11,13-15,18H,2-8H2,1H3. The van der Waals surface area contributed by atoms with E-state index in [1.54, 1.807) is 0 Å². The van der Waals surface area contributed by atoms with Crippen molar-refractivity contribution in [2.24, 2.45) is 0 Å². The first-order valence-corrected chi connectivity index (χ1v) is 7.23. The van der Waals surface area contributed by atoms with Crippen LogP contribution in [-0.4, -0.2) is 28.0 Å². The lowest BCUT2D eigenvalue weighted by Crippen LogP contribution is -2.30. The summed E-state index contributed by atoms with van der Waals surface area (Å²) >= 11 is 0. The Morgan fingerprint density at radius 3 is 2.89 bits per heavy atom. The fourth-order valence-electron chi connectivity index (χ4n) is 3.54. The molecule has 3 unspecified atom stereocenters. The van der Waals surface area contributed by atoms with Gasteiger partial charge in [-0.2, -0.15) is 5.10 Å². The second-order valence-electron chi connectivity index (χ2n) is 5.64. The molecule has 100 valence electrons. The normalized spacial score (nSPS) is 32.2. The molecular weight excluding hydrogens is 226 g/mol. The minimum atomic E-state index is -0.210. The van der Waals surface area contributed by atoms with Gasteiger partial charge in [0.25, 0.3) is 0 Å². The minimum absolute atomic E-state index is 0.207. The maximum atomic E-state index is 10.2. The summed E-state index contributed by atoms with van der Waals surface area (Å²) in [4.78, 5) is 0. The van der Waals surface area contributed by atoms with Gasteiger partial charge in [0, 0.05) is 17.3 Å². The average Bonchev–Trinajstić information content (AvgIpc) is 2.83. The highest BCUT2D eigenvalue weighted by Gasteiger charge is 2.30. The molecule has 1 saturated carbocycles. The van der Waals surface area contributed by atoms with Crippen LogP contribution in [0.15, 0.2) is 6.20 Å². The van der Waals surface area contributed by atoms with Gasteiger partial charge in [0.15, 0.2) is 0 Å². The van der Waals surface area contributed by atoms with Gasteiger partial charge in [-0.25, -0.2) is 0 Å². The van der Waals surface area contributed by atoms with E-state index in [0.29, 0.717) is 6.04 Å². The number of rotatable bonds is 2. The molecule has 3 atom stereocenters. The maximum absolute atomic E-state index is 10.2. The van der Waals surface area contributed by atoms with Crippen LogP contribution in [0.4, 0.5) is 0 Å². The van der Waals surface area contributed by atoms with Crippen LogP contribution in [0.5, 0.6) is 0 Å². The Morgan fingerprint density at radius 2 is 2.11 bits per heavy atom. The number of nitrogens with one attached hydrogen (secondary N) is 1. The van der Waals surface area contributed by atoms with Crippen LogP contribution in [0.2, 0.25) is 0 Å². The van der Waals surface area contributed by atoms with Crippen molar-refractivity contribution in [2.45, 2.75) is 63.1 Å². The van der Waals surface area contributed by atoms with Crippen LogP contribution < -0.4 is 5.32 Å². The molecule has 4 heteroatoms. The summed E-state index contributed by atoms with van der Waals surface area (Å²) in [6.07, 6.45) is 9.68. The fraction of sp³-hybridized carbons (Fsp3) is 0.786. The van der Waals surface area contributed by atoms with Crippen LogP contribution in [0, 0.1) is 0 Å². The maximum Gasteiger partial charge on any atom is 0.0781 e. The molecule has 1 aromatic heterocycles. The molecule has 0 amide bonds. The quantitative estimate of drug-likeness (QED) is 0.842. The lowest BCUT2D eigenvalue weighted by molar-refractivity contribution is 0.0676. The first-order chi connectivity index (χ1) is 8.81. The third-order valence-corrected chi connectivity index (χ3v) is 4.57. The number of nitrogens with zero attached hydrogens (tertiary/aromatic N) is 2. The van der Waals surface area contributed by atoms with E-state index in [2.05, 4.69) is 15.1 Å². The number of fused-ring (bicyclic) bond motifs is 1. The summed E-state index contributed by atoms with van der Waals surface area (Å²) in [6.45, 7) is 0. The van der Waals surface area contributed by atoms with Gasteiger partial charge in [-0.15, -0.1) is 0 Å². The first kappa shape index (κ1) is 12.2. The van der Waals surface area contributed by atoms with Gasteiger partial charge in [0.05, 0.1) is 18.3 Å². The monoisotopic (exact) mass is 249 g/mol. The smallest absolute Gasteiger partial charge is 0.0781 e. The van der Waals surface area contributed by atoms with Gasteiger partial charge in [-0.05, 0) is 39.2 Å². The lowest BCUT2D eigenvalue weighted by Gasteiger charge is -2.31. The summed E-state index contributed by atoms with van der Waals surface area (Å²) in [5.74, 6) is 0. The highest BCUT2D eigenvalue weighted by atomic mass is 16.3. The molecule has 1 heterocycles. The Bertz CT molecular complexity index is 415. The molecule has 18 heavy (non-hydrogen) atoms. The second kappa shape index (κ2) is 5.02. The van der Waals surface area contributed by atoms with Crippen molar-refractivity contribution in [3.8, 4) is 0 Å². The van der Waals surface area contributed by atoms with Crippen molar-refractivity contribution in [3.63, 3.8) is 0 Å². The van der Waals surface area contributed by atoms with Crippen molar-refractivity contribution in [1.29, 1.82) is 0 Å². The Hall–Kier alpha value is -0.870. The van der Waals surface area contributed by atoms with Gasteiger partial charge in [0.2, 0.25) is 0 Å². The lowest BCUT2D eigenvalue weighted by atomic mass is 9.90. The van der Waals surface area contributed by atoms with Gasteiger partial charge >= 0.3 is 0 Å². The van der Waals surface area contributed by atoms with E-state index in [1.807, 2.05) is 13.2 Å². The van der Waals surface area contributed by atoms with Crippen LogP contribution in [0.1, 0.15) is 61.9 Å². The molecule has 3 rings (SSSR count). The number of aromatic nitrogens is 2. The first-order valence-electron chi connectivity index (χ1n) is 7.23. The molecule has 0 spiro atoms. The topological polar surface area (TPSA) is 50.1 Å². The molecule has 4 nitrogen and oxygen atoms in total. The predicted octanol–water partition coefficient (Wildman–Crippen LogP) is 1.96. The third kappa shape index (κ3) is 1.97. The van der Waals surface area contributed by atoms with Crippen LogP contribution in [0.3, 0.4) is 0 Å². The van der Waals surface area contributed by atoms with Crippen LogP contribution in [-0.2, 0) is 6.42 Å². The summed E-state index contributed by atoms with van der Waals surface area (Å²) in [6, 6.07) is 0.654. The summed E-state index contributed by atoms with van der Waals surface area (Å²) in [5.41, 5.74) is 2.70. The van der Waals surface area contributed by atoms with Crippen molar-refractivity contribution >= 4 is 0 Å². The second-order valence-corrected chi connectivity index (χ2v) is 5.64. The molecular formula is C14H23N3O. The molecule has 2 N–H and O–H groups in total. The van der Waals surface area contributed by atoms with Crippen molar-refractivity contribution in [3.05, 3.63) is 17.5 Å². The summed E-state index contributed by atoms with van der Waals surface area (Å²) in [7, 11) is 2.02. The molecule has 1 fully saturated rings. The zero-order valence-corrected chi connectivity index (χ0v) is 11.1. The highest BCUT2D eigenvalue weighted by Crippen LogP contribution is 2.35. The number of aliphatic hydroxyl groups is 1. The molecule has 1 aromatic rings. The van der Waals surface area contributed by atoms with Gasteiger partial charge in [-0.1, -0.05) is 12.8 Å². The Morgan fingerprint density at radius 1 is 1.28 bits per heavy atom. The van der Waals surface area contributed by atoms with Crippen LogP contribution >= 0.6 is 0 Å². The molecule has 0 bridgehead atoms. The van der Waals surface area contributed by atoms with E-state index in [1.165, 1.54) is 30.5 Å². The number of aliphatic hydroxyl groups excluding tert-OH is 1. The van der Waals surface area contributed by atoms with Gasteiger partial charge < -0.3 is 10.4 Å². The Labute approximate surface area is 108 Å². The van der Waals surface area contributed by atoms with E-state index >= 15 is 0 Å². The molecule has 0 radical (unpaired) electrons. The SMILES string of the molecule is CNC1CCCc2c1cnn2C1CCCCC1O. The molecule has 2 aliphatic carbocycles. The molecule has 2 aliphatic rings.